The number of hydrogen-bond donors (Lipinski definition) is 1. The van der Waals surface area contributed by atoms with Crippen LogP contribution in [-0.4, -0.2) is 21.1 Å². The van der Waals surface area contributed by atoms with Gasteiger partial charge in [0.15, 0.2) is 0 Å². The number of fused-ring (bicyclic) bond motifs is 1. The van der Waals surface area contributed by atoms with Gasteiger partial charge >= 0.3 is 0 Å². The van der Waals surface area contributed by atoms with Gasteiger partial charge in [0.05, 0.1) is 11.0 Å². The Morgan fingerprint density at radius 3 is 2.63 bits per heavy atom. The first-order valence-corrected chi connectivity index (χ1v) is 7.90. The molecule has 1 aromatic heterocycles. The van der Waals surface area contributed by atoms with Crippen LogP contribution in [0.25, 0.3) is 11.0 Å². The van der Waals surface area contributed by atoms with Gasteiger partial charge in [0, 0.05) is 22.9 Å². The second-order valence-electron chi connectivity index (χ2n) is 6.09. The minimum absolute atomic E-state index is 0.0336. The second kappa shape index (κ2) is 5.08. The summed E-state index contributed by atoms with van der Waals surface area (Å²) >= 11 is 1.88. The SMILES string of the molecule is CSC(C)Cn1c(C(C)(C)C)nc2cc(N)ccc21. The number of nitrogen functional groups attached to an aromatic ring is 1. The zero-order chi connectivity index (χ0) is 14.2. The molecule has 2 N–H and O–H groups in total. The molecule has 1 atom stereocenters. The minimum Gasteiger partial charge on any atom is -0.399 e. The van der Waals surface area contributed by atoms with Crippen LogP contribution in [-0.2, 0) is 12.0 Å². The lowest BCUT2D eigenvalue weighted by Crippen LogP contribution is -2.21. The Bertz CT molecular complexity index is 581. The van der Waals surface area contributed by atoms with Gasteiger partial charge in [-0.25, -0.2) is 4.98 Å². The van der Waals surface area contributed by atoms with Crippen molar-refractivity contribution in [1.29, 1.82) is 0 Å². The number of imidazole rings is 1. The van der Waals surface area contributed by atoms with E-state index in [9.17, 15) is 0 Å². The predicted octanol–water partition coefficient (Wildman–Crippen LogP) is 3.67. The molecule has 104 valence electrons. The Morgan fingerprint density at radius 2 is 2.05 bits per heavy atom. The molecule has 0 saturated heterocycles. The molecule has 0 fully saturated rings. The number of benzene rings is 1. The fraction of sp³-hybridized carbons (Fsp3) is 0.533. The number of nitrogens with two attached hydrogens (primary N) is 1. The highest BCUT2D eigenvalue weighted by molar-refractivity contribution is 7.99. The van der Waals surface area contributed by atoms with E-state index in [1.807, 2.05) is 23.9 Å². The van der Waals surface area contributed by atoms with Crippen LogP contribution in [0.15, 0.2) is 18.2 Å². The average molecular weight is 277 g/mol. The first kappa shape index (κ1) is 14.3. The maximum absolute atomic E-state index is 5.87. The Kier molecular flexibility index (Phi) is 3.81. The summed E-state index contributed by atoms with van der Waals surface area (Å²) in [6.45, 7) is 9.85. The van der Waals surface area contributed by atoms with Gasteiger partial charge in [0.1, 0.15) is 5.82 Å². The van der Waals surface area contributed by atoms with Crippen LogP contribution < -0.4 is 5.73 Å². The van der Waals surface area contributed by atoms with Crippen LogP contribution in [0, 0.1) is 0 Å². The Hall–Kier alpha value is -1.16. The largest absolute Gasteiger partial charge is 0.399 e. The van der Waals surface area contributed by atoms with Crippen LogP contribution in [0.2, 0.25) is 0 Å². The molecule has 3 nitrogen and oxygen atoms in total. The molecular weight excluding hydrogens is 254 g/mol. The Labute approximate surface area is 119 Å². The molecule has 0 radical (unpaired) electrons. The average Bonchev–Trinajstić information content (AvgIpc) is 2.67. The molecule has 4 heteroatoms. The molecule has 0 amide bonds. The van der Waals surface area contributed by atoms with Gasteiger partial charge in [-0.1, -0.05) is 27.7 Å². The van der Waals surface area contributed by atoms with E-state index in [-0.39, 0.29) is 5.41 Å². The normalized spacial score (nSPS) is 13.9. The zero-order valence-electron chi connectivity index (χ0n) is 12.4. The summed E-state index contributed by atoms with van der Waals surface area (Å²) in [6.07, 6.45) is 2.15. The number of hydrogen-bond acceptors (Lipinski definition) is 3. The van der Waals surface area contributed by atoms with Crippen LogP contribution in [0.3, 0.4) is 0 Å². The van der Waals surface area contributed by atoms with Gasteiger partial charge in [-0.2, -0.15) is 11.8 Å². The van der Waals surface area contributed by atoms with Crippen LogP contribution in [0.4, 0.5) is 5.69 Å². The molecule has 0 saturated carbocycles. The summed E-state index contributed by atoms with van der Waals surface area (Å²) in [4.78, 5) is 4.81. The minimum atomic E-state index is 0.0336. The number of thioether (sulfide) groups is 1. The number of aromatic nitrogens is 2. The lowest BCUT2D eigenvalue weighted by molar-refractivity contribution is 0.504. The van der Waals surface area contributed by atoms with E-state index in [1.165, 1.54) is 5.52 Å². The van der Waals surface area contributed by atoms with Crippen molar-refractivity contribution in [3.05, 3.63) is 24.0 Å². The van der Waals surface area contributed by atoms with Gasteiger partial charge in [0.2, 0.25) is 0 Å². The van der Waals surface area contributed by atoms with Crippen molar-refractivity contribution in [3.8, 4) is 0 Å². The molecule has 1 heterocycles. The van der Waals surface area contributed by atoms with E-state index in [2.05, 4.69) is 44.6 Å². The molecule has 2 aromatic rings. The van der Waals surface area contributed by atoms with Crippen LogP contribution in [0.1, 0.15) is 33.5 Å². The van der Waals surface area contributed by atoms with E-state index in [0.717, 1.165) is 23.6 Å². The van der Waals surface area contributed by atoms with Crippen molar-refractivity contribution in [2.24, 2.45) is 0 Å². The van der Waals surface area contributed by atoms with Gasteiger partial charge in [-0.05, 0) is 24.5 Å². The van der Waals surface area contributed by atoms with E-state index < -0.39 is 0 Å². The lowest BCUT2D eigenvalue weighted by Gasteiger charge is -2.21. The molecule has 1 aromatic carbocycles. The summed E-state index contributed by atoms with van der Waals surface area (Å²) < 4.78 is 2.34. The summed E-state index contributed by atoms with van der Waals surface area (Å²) in [5.74, 6) is 1.13. The highest BCUT2D eigenvalue weighted by atomic mass is 32.2. The summed E-state index contributed by atoms with van der Waals surface area (Å²) in [6, 6.07) is 6.00. The summed E-state index contributed by atoms with van der Waals surface area (Å²) in [5.41, 5.74) is 8.85. The molecule has 2 rings (SSSR count). The summed E-state index contributed by atoms with van der Waals surface area (Å²) in [5, 5.41) is 0.566. The monoisotopic (exact) mass is 277 g/mol. The van der Waals surface area contributed by atoms with Gasteiger partial charge in [-0.3, -0.25) is 0 Å². The topological polar surface area (TPSA) is 43.8 Å². The molecule has 0 spiro atoms. The van der Waals surface area contributed by atoms with E-state index in [0.29, 0.717) is 5.25 Å². The first-order valence-electron chi connectivity index (χ1n) is 6.62. The Morgan fingerprint density at radius 1 is 1.37 bits per heavy atom. The number of nitrogens with zero attached hydrogens (tertiary/aromatic N) is 2. The zero-order valence-corrected chi connectivity index (χ0v) is 13.2. The fourth-order valence-corrected chi connectivity index (χ4v) is 2.53. The van der Waals surface area contributed by atoms with Crippen molar-refractivity contribution in [2.75, 3.05) is 12.0 Å². The van der Waals surface area contributed by atoms with Crippen molar-refractivity contribution in [3.63, 3.8) is 0 Å². The molecular formula is C15H23N3S. The van der Waals surface area contributed by atoms with E-state index >= 15 is 0 Å². The smallest absolute Gasteiger partial charge is 0.115 e. The molecule has 0 aliphatic rings. The fourth-order valence-electron chi connectivity index (χ4n) is 2.24. The van der Waals surface area contributed by atoms with Gasteiger partial charge in [0.25, 0.3) is 0 Å². The van der Waals surface area contributed by atoms with E-state index in [1.54, 1.807) is 0 Å². The predicted molar refractivity (Wildman–Crippen MR) is 85.8 cm³/mol. The third kappa shape index (κ3) is 2.89. The summed E-state index contributed by atoms with van der Waals surface area (Å²) in [7, 11) is 0. The van der Waals surface area contributed by atoms with Gasteiger partial charge < -0.3 is 10.3 Å². The quantitative estimate of drug-likeness (QED) is 0.871. The molecule has 0 bridgehead atoms. The third-order valence-electron chi connectivity index (χ3n) is 3.29. The van der Waals surface area contributed by atoms with Crippen molar-refractivity contribution in [2.45, 2.75) is 44.9 Å². The first-order chi connectivity index (χ1) is 8.82. The number of rotatable bonds is 3. The highest BCUT2D eigenvalue weighted by Gasteiger charge is 2.23. The molecule has 19 heavy (non-hydrogen) atoms. The van der Waals surface area contributed by atoms with Crippen molar-refractivity contribution >= 4 is 28.5 Å². The molecule has 1 unspecified atom stereocenters. The second-order valence-corrected chi connectivity index (χ2v) is 7.37. The van der Waals surface area contributed by atoms with Crippen molar-refractivity contribution in [1.82, 2.24) is 9.55 Å². The maximum Gasteiger partial charge on any atom is 0.115 e. The lowest BCUT2D eigenvalue weighted by atomic mass is 9.95. The molecule has 0 aliphatic heterocycles. The molecule has 0 aliphatic carbocycles. The number of anilines is 1. The standard InChI is InChI=1S/C15H23N3S/c1-10(19-5)9-18-13-7-6-11(16)8-12(13)17-14(18)15(2,3)4/h6-8,10H,9,16H2,1-5H3. The van der Waals surface area contributed by atoms with E-state index in [4.69, 9.17) is 10.7 Å². The maximum atomic E-state index is 5.87. The Balaban J connectivity index is 2.62. The van der Waals surface area contributed by atoms with Crippen LogP contribution in [0.5, 0.6) is 0 Å². The van der Waals surface area contributed by atoms with Gasteiger partial charge in [-0.15, -0.1) is 0 Å². The third-order valence-corrected chi connectivity index (χ3v) is 4.24. The highest BCUT2D eigenvalue weighted by Crippen LogP contribution is 2.28. The van der Waals surface area contributed by atoms with Crippen LogP contribution >= 0.6 is 11.8 Å². The van der Waals surface area contributed by atoms with Crippen molar-refractivity contribution < 1.29 is 0 Å².